The summed E-state index contributed by atoms with van der Waals surface area (Å²) in [6.07, 6.45) is -0.959. The minimum absolute atomic E-state index is 0.281. The summed E-state index contributed by atoms with van der Waals surface area (Å²) >= 11 is 0. The average molecular weight is 339 g/mol. The summed E-state index contributed by atoms with van der Waals surface area (Å²) in [5, 5.41) is 11.7. The van der Waals surface area contributed by atoms with Gasteiger partial charge >= 0.3 is 12.1 Å². The number of hydrogen-bond donors (Lipinski definition) is 2. The molecule has 24 heavy (non-hydrogen) atoms. The highest BCUT2D eigenvalue weighted by atomic mass is 16.6. The van der Waals surface area contributed by atoms with E-state index in [0.29, 0.717) is 23.7 Å². The van der Waals surface area contributed by atoms with Crippen LogP contribution in [0.5, 0.6) is 11.5 Å². The Hall–Kier alpha value is -2.44. The zero-order chi connectivity index (χ0) is 18.3. The molecule has 134 valence electrons. The maximum atomic E-state index is 12.0. The van der Waals surface area contributed by atoms with Gasteiger partial charge in [-0.25, -0.2) is 4.79 Å². The van der Waals surface area contributed by atoms with Crippen LogP contribution in [0, 0.1) is 0 Å². The van der Waals surface area contributed by atoms with Crippen molar-refractivity contribution in [1.29, 1.82) is 0 Å². The van der Waals surface area contributed by atoms with Gasteiger partial charge in [0.15, 0.2) is 11.5 Å². The third-order valence-electron chi connectivity index (χ3n) is 2.96. The fourth-order valence-corrected chi connectivity index (χ4v) is 2.05. The molecule has 0 heterocycles. The normalized spacial score (nSPS) is 12.2. The van der Waals surface area contributed by atoms with Gasteiger partial charge in [-0.1, -0.05) is 6.07 Å². The van der Waals surface area contributed by atoms with E-state index in [1.165, 1.54) is 7.11 Å². The number of ether oxygens (including phenoxy) is 3. The first-order valence-corrected chi connectivity index (χ1v) is 7.68. The van der Waals surface area contributed by atoms with E-state index >= 15 is 0 Å². The van der Waals surface area contributed by atoms with Gasteiger partial charge in [-0.15, -0.1) is 0 Å². The highest BCUT2D eigenvalue weighted by Crippen LogP contribution is 2.31. The number of amides is 1. The molecule has 1 rings (SSSR count). The van der Waals surface area contributed by atoms with Crippen molar-refractivity contribution in [2.45, 2.75) is 45.8 Å². The number of carbonyl (C=O) groups is 2. The third-order valence-corrected chi connectivity index (χ3v) is 2.96. The molecule has 2 N–H and O–H groups in total. The summed E-state index contributed by atoms with van der Waals surface area (Å²) in [7, 11) is 1.52. The van der Waals surface area contributed by atoms with Crippen LogP contribution < -0.4 is 14.8 Å². The lowest BCUT2D eigenvalue weighted by molar-refractivity contribution is -0.137. The van der Waals surface area contributed by atoms with Gasteiger partial charge in [-0.2, -0.15) is 0 Å². The standard InChI is InChI=1S/C17H25NO6/c1-6-23-14-9-11(7-8-13(14)22-5)12(10-15(19)20)18-16(21)24-17(2,3)4/h7-9,12H,6,10H2,1-5H3,(H,18,21)(H,19,20)/t12-/m1/s1. The Balaban J connectivity index is 3.05. The Morgan fingerprint density at radius 1 is 1.25 bits per heavy atom. The van der Waals surface area contributed by atoms with E-state index in [1.54, 1.807) is 39.0 Å². The van der Waals surface area contributed by atoms with Crippen molar-refractivity contribution < 1.29 is 28.9 Å². The second kappa shape index (κ2) is 8.42. The largest absolute Gasteiger partial charge is 0.493 e. The Bertz CT molecular complexity index is 579. The molecular weight excluding hydrogens is 314 g/mol. The fraction of sp³-hybridized carbons (Fsp3) is 0.529. The highest BCUT2D eigenvalue weighted by Gasteiger charge is 2.23. The van der Waals surface area contributed by atoms with Crippen molar-refractivity contribution in [3.05, 3.63) is 23.8 Å². The first-order valence-electron chi connectivity index (χ1n) is 7.68. The molecule has 0 radical (unpaired) electrons. The lowest BCUT2D eigenvalue weighted by Crippen LogP contribution is -2.35. The molecule has 0 saturated carbocycles. The zero-order valence-electron chi connectivity index (χ0n) is 14.7. The third kappa shape index (κ3) is 6.36. The Morgan fingerprint density at radius 3 is 2.42 bits per heavy atom. The van der Waals surface area contributed by atoms with Crippen LogP contribution in [-0.4, -0.2) is 36.5 Å². The minimum Gasteiger partial charge on any atom is -0.493 e. The second-order valence-electron chi connectivity index (χ2n) is 6.14. The molecule has 0 aromatic heterocycles. The van der Waals surface area contributed by atoms with Gasteiger partial charge in [0.1, 0.15) is 5.60 Å². The number of nitrogens with one attached hydrogen (secondary N) is 1. The quantitative estimate of drug-likeness (QED) is 0.792. The molecule has 0 aliphatic carbocycles. The monoisotopic (exact) mass is 339 g/mol. The smallest absolute Gasteiger partial charge is 0.408 e. The summed E-state index contributed by atoms with van der Waals surface area (Å²) < 4.78 is 15.9. The van der Waals surface area contributed by atoms with Crippen LogP contribution in [0.2, 0.25) is 0 Å². The molecular formula is C17H25NO6. The first kappa shape index (κ1) is 19.6. The Morgan fingerprint density at radius 2 is 1.92 bits per heavy atom. The topological polar surface area (TPSA) is 94.1 Å². The SMILES string of the molecule is CCOc1cc([C@@H](CC(=O)O)NC(=O)OC(C)(C)C)ccc1OC. The maximum Gasteiger partial charge on any atom is 0.408 e. The minimum atomic E-state index is -1.04. The van der Waals surface area contributed by atoms with Gasteiger partial charge in [-0.05, 0) is 45.4 Å². The van der Waals surface area contributed by atoms with E-state index in [0.717, 1.165) is 0 Å². The van der Waals surface area contributed by atoms with Crippen LogP contribution in [0.3, 0.4) is 0 Å². The van der Waals surface area contributed by atoms with Crippen molar-refractivity contribution in [2.75, 3.05) is 13.7 Å². The Labute approximate surface area is 141 Å². The van der Waals surface area contributed by atoms with E-state index in [2.05, 4.69) is 5.32 Å². The van der Waals surface area contributed by atoms with Gasteiger partial charge in [0, 0.05) is 0 Å². The van der Waals surface area contributed by atoms with Crippen LogP contribution in [-0.2, 0) is 9.53 Å². The van der Waals surface area contributed by atoms with E-state index in [-0.39, 0.29) is 6.42 Å². The Kier molecular flexibility index (Phi) is 6.88. The summed E-state index contributed by atoms with van der Waals surface area (Å²) in [5.41, 5.74) is -0.0821. The van der Waals surface area contributed by atoms with Crippen LogP contribution in [0.1, 0.15) is 45.7 Å². The van der Waals surface area contributed by atoms with Gasteiger partial charge < -0.3 is 24.6 Å². The molecule has 0 fully saturated rings. The number of aliphatic carboxylic acids is 1. The molecule has 0 aliphatic rings. The molecule has 0 unspecified atom stereocenters. The maximum absolute atomic E-state index is 12.0. The second-order valence-corrected chi connectivity index (χ2v) is 6.14. The van der Waals surface area contributed by atoms with Crippen LogP contribution >= 0.6 is 0 Å². The van der Waals surface area contributed by atoms with Crippen molar-refractivity contribution in [3.63, 3.8) is 0 Å². The summed E-state index contributed by atoms with van der Waals surface area (Å²) in [4.78, 5) is 23.1. The van der Waals surface area contributed by atoms with Crippen molar-refractivity contribution in [3.8, 4) is 11.5 Å². The van der Waals surface area contributed by atoms with E-state index in [1.807, 2.05) is 6.92 Å². The van der Waals surface area contributed by atoms with Gasteiger partial charge in [-0.3, -0.25) is 4.79 Å². The van der Waals surface area contributed by atoms with Gasteiger partial charge in [0.05, 0.1) is 26.2 Å². The van der Waals surface area contributed by atoms with Crippen molar-refractivity contribution in [2.24, 2.45) is 0 Å². The molecule has 1 aromatic carbocycles. The highest BCUT2D eigenvalue weighted by molar-refractivity contribution is 5.72. The average Bonchev–Trinajstić information content (AvgIpc) is 2.44. The first-order chi connectivity index (χ1) is 11.2. The zero-order valence-corrected chi connectivity index (χ0v) is 14.7. The molecule has 1 atom stereocenters. The number of carboxylic acids is 1. The molecule has 1 amide bonds. The number of carbonyl (C=O) groups excluding carboxylic acids is 1. The lowest BCUT2D eigenvalue weighted by atomic mass is 10.0. The fourth-order valence-electron chi connectivity index (χ4n) is 2.05. The molecule has 7 nitrogen and oxygen atoms in total. The van der Waals surface area contributed by atoms with Crippen LogP contribution in [0.25, 0.3) is 0 Å². The molecule has 7 heteroatoms. The van der Waals surface area contributed by atoms with Gasteiger partial charge in [0.25, 0.3) is 0 Å². The number of hydrogen-bond acceptors (Lipinski definition) is 5. The number of methoxy groups -OCH3 is 1. The molecule has 0 spiro atoms. The predicted octanol–water partition coefficient (Wildman–Crippen LogP) is 3.13. The molecule has 1 aromatic rings. The number of alkyl carbamates (subject to hydrolysis) is 1. The van der Waals surface area contributed by atoms with E-state index in [9.17, 15) is 9.59 Å². The molecule has 0 saturated heterocycles. The number of rotatable bonds is 7. The summed E-state index contributed by atoms with van der Waals surface area (Å²) in [6.45, 7) is 7.47. The van der Waals surface area contributed by atoms with E-state index in [4.69, 9.17) is 19.3 Å². The summed E-state index contributed by atoms with van der Waals surface area (Å²) in [6, 6.07) is 4.27. The number of benzene rings is 1. The summed E-state index contributed by atoms with van der Waals surface area (Å²) in [5.74, 6) is -0.0179. The van der Waals surface area contributed by atoms with Crippen LogP contribution in [0.15, 0.2) is 18.2 Å². The van der Waals surface area contributed by atoms with Crippen molar-refractivity contribution >= 4 is 12.1 Å². The number of carboxylic acid groups (broad SMARTS) is 1. The lowest BCUT2D eigenvalue weighted by Gasteiger charge is -2.23. The van der Waals surface area contributed by atoms with Gasteiger partial charge in [0.2, 0.25) is 0 Å². The van der Waals surface area contributed by atoms with Crippen LogP contribution in [0.4, 0.5) is 4.79 Å². The molecule has 0 aliphatic heterocycles. The molecule has 0 bridgehead atoms. The van der Waals surface area contributed by atoms with E-state index < -0.39 is 23.7 Å². The predicted molar refractivity (Wildman–Crippen MR) is 88.5 cm³/mol. The van der Waals surface area contributed by atoms with Crippen molar-refractivity contribution in [1.82, 2.24) is 5.32 Å².